The van der Waals surface area contributed by atoms with E-state index in [0.717, 1.165) is 38.0 Å². The first kappa shape index (κ1) is 19.8. The summed E-state index contributed by atoms with van der Waals surface area (Å²) in [7, 11) is 0. The highest BCUT2D eigenvalue weighted by Gasteiger charge is 2.30. The highest BCUT2D eigenvalue weighted by molar-refractivity contribution is 5.99. The number of hydrogen-bond donors (Lipinski definition) is 2. The van der Waals surface area contributed by atoms with Crippen LogP contribution in [-0.4, -0.2) is 39.6 Å². The first-order chi connectivity index (χ1) is 15.1. The highest BCUT2D eigenvalue weighted by atomic mass is 16.2. The van der Waals surface area contributed by atoms with Crippen LogP contribution in [0.2, 0.25) is 0 Å². The van der Waals surface area contributed by atoms with Crippen molar-refractivity contribution in [3.63, 3.8) is 0 Å². The number of rotatable bonds is 4. The molecule has 1 unspecified atom stereocenters. The molecule has 5 rings (SSSR count). The van der Waals surface area contributed by atoms with Gasteiger partial charge in [-0.15, -0.1) is 0 Å². The predicted octanol–water partition coefficient (Wildman–Crippen LogP) is 2.69. The van der Waals surface area contributed by atoms with Gasteiger partial charge < -0.3 is 0 Å². The molecule has 2 aliphatic heterocycles. The van der Waals surface area contributed by atoms with Gasteiger partial charge in [0.2, 0.25) is 5.91 Å². The fourth-order valence-corrected chi connectivity index (χ4v) is 4.82. The number of carbonyl (C=O) groups excluding carboxylic acids is 2. The van der Waals surface area contributed by atoms with E-state index in [9.17, 15) is 14.4 Å². The molecule has 3 aromatic rings. The molecule has 1 atom stereocenters. The Balaban J connectivity index is 1.31. The molecule has 2 N–H and O–H groups in total. The maximum Gasteiger partial charge on any atom is 0.275 e. The monoisotopic (exact) mass is 418 g/mol. The Morgan fingerprint density at radius 1 is 0.935 bits per heavy atom. The summed E-state index contributed by atoms with van der Waals surface area (Å²) in [6.07, 6.45) is 2.74. The molecule has 160 valence electrons. The van der Waals surface area contributed by atoms with Crippen LogP contribution in [0, 0.1) is 0 Å². The summed E-state index contributed by atoms with van der Waals surface area (Å²) >= 11 is 0. The van der Waals surface area contributed by atoms with Gasteiger partial charge in [0.1, 0.15) is 6.04 Å². The number of nitrogens with zero attached hydrogens (tertiary/aromatic N) is 2. The topological polar surface area (TPSA) is 87.2 Å². The lowest BCUT2D eigenvalue weighted by molar-refractivity contribution is -0.136. The zero-order chi connectivity index (χ0) is 21.4. The van der Waals surface area contributed by atoms with E-state index in [4.69, 9.17) is 0 Å². The van der Waals surface area contributed by atoms with Crippen LogP contribution in [0.5, 0.6) is 0 Å². The zero-order valence-corrected chi connectivity index (χ0v) is 17.3. The van der Waals surface area contributed by atoms with Crippen molar-refractivity contribution in [1.82, 2.24) is 20.0 Å². The Labute approximate surface area is 180 Å². The number of nitrogens with one attached hydrogen (secondary N) is 2. The number of hydrogen-bond acceptors (Lipinski definition) is 4. The Bertz CT molecular complexity index is 1170. The number of piperidine rings is 2. The van der Waals surface area contributed by atoms with E-state index in [1.807, 2.05) is 18.2 Å². The highest BCUT2D eigenvalue weighted by Crippen LogP contribution is 2.30. The van der Waals surface area contributed by atoms with E-state index in [0.29, 0.717) is 17.7 Å². The van der Waals surface area contributed by atoms with Crippen molar-refractivity contribution in [2.24, 2.45) is 0 Å². The number of benzene rings is 2. The van der Waals surface area contributed by atoms with Gasteiger partial charge in [0, 0.05) is 13.0 Å². The molecule has 2 amide bonds. The predicted molar refractivity (Wildman–Crippen MR) is 118 cm³/mol. The third kappa shape index (κ3) is 3.93. The Morgan fingerprint density at radius 3 is 2.45 bits per heavy atom. The average Bonchev–Trinajstić information content (AvgIpc) is 3.10. The lowest BCUT2D eigenvalue weighted by Gasteiger charge is -2.32. The molecular weight excluding hydrogens is 392 g/mol. The number of likely N-dealkylation sites (tertiary alicyclic amines) is 1. The molecule has 7 nitrogen and oxygen atoms in total. The Kier molecular flexibility index (Phi) is 5.19. The van der Waals surface area contributed by atoms with Crippen LogP contribution >= 0.6 is 0 Å². The van der Waals surface area contributed by atoms with Gasteiger partial charge in [0.05, 0.1) is 10.9 Å². The van der Waals surface area contributed by atoms with Crippen LogP contribution in [0.15, 0.2) is 53.3 Å². The van der Waals surface area contributed by atoms with Crippen molar-refractivity contribution < 1.29 is 9.59 Å². The van der Waals surface area contributed by atoms with Gasteiger partial charge in [-0.25, -0.2) is 4.68 Å². The van der Waals surface area contributed by atoms with Gasteiger partial charge in [-0.3, -0.25) is 29.7 Å². The molecule has 0 saturated carbocycles. The minimum absolute atomic E-state index is 0.214. The van der Waals surface area contributed by atoms with Crippen LogP contribution in [0.1, 0.15) is 48.8 Å². The van der Waals surface area contributed by atoms with Crippen LogP contribution in [0.4, 0.5) is 0 Å². The van der Waals surface area contributed by atoms with Crippen molar-refractivity contribution >= 4 is 22.7 Å². The van der Waals surface area contributed by atoms with E-state index in [1.54, 1.807) is 0 Å². The fourth-order valence-electron chi connectivity index (χ4n) is 4.82. The standard InChI is InChI=1S/C24H26N4O3/c29-22-9-8-21(23(30)25-22)28-24(31)19-7-6-18(14-20(19)26-28)17-10-12-27(13-11-17)15-16-4-2-1-3-5-16/h1-7,14,17,21,26H,8-13,15H2,(H,25,29,30). The zero-order valence-electron chi connectivity index (χ0n) is 17.3. The van der Waals surface area contributed by atoms with Gasteiger partial charge in [-0.1, -0.05) is 36.4 Å². The molecule has 0 radical (unpaired) electrons. The number of H-pyrrole nitrogens is 1. The summed E-state index contributed by atoms with van der Waals surface area (Å²) in [5, 5.41) is 6.02. The van der Waals surface area contributed by atoms with Gasteiger partial charge in [0.15, 0.2) is 0 Å². The number of amides is 2. The van der Waals surface area contributed by atoms with Crippen molar-refractivity contribution in [3.05, 3.63) is 70.0 Å². The molecule has 7 heteroatoms. The molecular formula is C24H26N4O3. The van der Waals surface area contributed by atoms with Gasteiger partial charge in [0.25, 0.3) is 11.5 Å². The smallest absolute Gasteiger partial charge is 0.275 e. The molecule has 0 bridgehead atoms. The van der Waals surface area contributed by atoms with Crippen molar-refractivity contribution in [3.8, 4) is 0 Å². The molecule has 2 saturated heterocycles. The number of fused-ring (bicyclic) bond motifs is 1. The third-order valence-electron chi connectivity index (χ3n) is 6.56. The molecule has 0 aliphatic carbocycles. The van der Waals surface area contributed by atoms with Crippen LogP contribution < -0.4 is 10.9 Å². The summed E-state index contributed by atoms with van der Waals surface area (Å²) in [6.45, 7) is 3.07. The first-order valence-corrected chi connectivity index (χ1v) is 10.9. The average molecular weight is 418 g/mol. The number of carbonyl (C=O) groups is 2. The maximum absolute atomic E-state index is 12.8. The van der Waals surface area contributed by atoms with E-state index in [2.05, 4.69) is 45.6 Å². The van der Waals surface area contributed by atoms with E-state index >= 15 is 0 Å². The molecule has 0 spiro atoms. The van der Waals surface area contributed by atoms with Gasteiger partial charge in [-0.05, 0) is 61.5 Å². The molecule has 31 heavy (non-hydrogen) atoms. The second-order valence-corrected chi connectivity index (χ2v) is 8.59. The largest absolute Gasteiger partial charge is 0.299 e. The summed E-state index contributed by atoms with van der Waals surface area (Å²) in [5.41, 5.74) is 3.10. The van der Waals surface area contributed by atoms with Crippen molar-refractivity contribution in [2.75, 3.05) is 13.1 Å². The summed E-state index contributed by atoms with van der Waals surface area (Å²) < 4.78 is 1.37. The molecule has 1 aromatic heterocycles. The fraction of sp³-hybridized carbons (Fsp3) is 0.375. The van der Waals surface area contributed by atoms with E-state index in [-0.39, 0.29) is 17.9 Å². The minimum atomic E-state index is -0.665. The minimum Gasteiger partial charge on any atom is -0.299 e. The Morgan fingerprint density at radius 2 is 1.71 bits per heavy atom. The molecule has 2 fully saturated rings. The quantitative estimate of drug-likeness (QED) is 0.638. The van der Waals surface area contributed by atoms with E-state index < -0.39 is 11.9 Å². The van der Waals surface area contributed by atoms with Gasteiger partial charge in [-0.2, -0.15) is 0 Å². The molecule has 2 aromatic carbocycles. The first-order valence-electron chi connectivity index (χ1n) is 10.9. The summed E-state index contributed by atoms with van der Waals surface area (Å²) in [5.74, 6) is -0.249. The second-order valence-electron chi connectivity index (χ2n) is 8.59. The van der Waals surface area contributed by atoms with Crippen LogP contribution in [0.3, 0.4) is 0 Å². The normalized spacial score (nSPS) is 20.8. The SMILES string of the molecule is O=C1CCC(n2[nH]c3cc(C4CCN(Cc5ccccc5)CC4)ccc3c2=O)C(=O)N1. The van der Waals surface area contributed by atoms with E-state index in [1.165, 1.54) is 15.8 Å². The Hall–Kier alpha value is -3.19. The van der Waals surface area contributed by atoms with Crippen LogP contribution in [0.25, 0.3) is 10.9 Å². The van der Waals surface area contributed by atoms with Crippen LogP contribution in [-0.2, 0) is 16.1 Å². The summed E-state index contributed by atoms with van der Waals surface area (Å²) in [4.78, 5) is 38.9. The lowest BCUT2D eigenvalue weighted by Crippen LogP contribution is -2.44. The lowest BCUT2D eigenvalue weighted by atomic mass is 9.89. The summed E-state index contributed by atoms with van der Waals surface area (Å²) in [6, 6.07) is 15.8. The second kappa shape index (κ2) is 8.15. The molecule has 2 aliphatic rings. The maximum atomic E-state index is 12.8. The molecule has 3 heterocycles. The number of imide groups is 1. The number of aromatic nitrogens is 2. The van der Waals surface area contributed by atoms with Crippen molar-refractivity contribution in [1.29, 1.82) is 0 Å². The van der Waals surface area contributed by atoms with Gasteiger partial charge >= 0.3 is 0 Å². The van der Waals surface area contributed by atoms with Crippen molar-refractivity contribution in [2.45, 2.75) is 44.2 Å². The number of aromatic amines is 1. The third-order valence-corrected chi connectivity index (χ3v) is 6.56.